The average Bonchev–Trinajstić information content (AvgIpc) is 1.48. The first-order valence-corrected chi connectivity index (χ1v) is 6.43. The van der Waals surface area contributed by atoms with E-state index in [1.807, 2.05) is 0 Å². The van der Waals surface area contributed by atoms with Crippen molar-refractivity contribution in [3.63, 3.8) is 0 Å². The molecule has 0 aromatic rings. The van der Waals surface area contributed by atoms with Gasteiger partial charge in [0.05, 0.1) is 0 Å². The zero-order valence-corrected chi connectivity index (χ0v) is 8.01. The molecule has 9 nitrogen and oxygen atoms in total. The molecule has 80 valence electrons. The predicted molar refractivity (Wildman–Crippen MR) is 56.7 cm³/mol. The van der Waals surface area contributed by atoms with E-state index in [2.05, 4.69) is 8.62 Å². The molecule has 0 radical (unpaired) electrons. The first-order valence-electron chi connectivity index (χ1n) is 2.14. The zero-order chi connectivity index (χ0) is 9.99. The molecule has 0 fully saturated rings. The molecule has 0 bridgehead atoms. The van der Waals surface area contributed by atoms with Crippen LogP contribution in [-0.2, 0) is 22.3 Å². The first-order chi connectivity index (χ1) is 5.12. The molecule has 15 heteroatoms. The summed E-state index contributed by atoms with van der Waals surface area (Å²) in [5.74, 6) is 0. The second-order valence-corrected chi connectivity index (χ2v) is 5.23. The third kappa shape index (κ3) is 19.9. The van der Waals surface area contributed by atoms with Crippen LogP contribution in [0.4, 0.5) is 0 Å². The molecule has 4 N–H and O–H groups in total. The van der Waals surface area contributed by atoms with Crippen molar-refractivity contribution in [3.8, 4) is 0 Å². The van der Waals surface area contributed by atoms with Gasteiger partial charge in [0.1, 0.15) is 0 Å². The zero-order valence-electron chi connectivity index (χ0n) is 5.22. The van der Waals surface area contributed by atoms with E-state index < -0.39 is 23.9 Å². The molecule has 0 aromatic heterocycles. The van der Waals surface area contributed by atoms with Crippen molar-refractivity contribution in [1.29, 1.82) is 0 Å². The number of hydrogen-bond acceptors (Lipinski definition) is 5. The Morgan fingerprint density at radius 3 is 1.53 bits per heavy atom. The van der Waals surface area contributed by atoms with Crippen LogP contribution in [0.2, 0.25) is 0 Å². The molecule has 2 atom stereocenters. The van der Waals surface area contributed by atoms with Gasteiger partial charge in [-0.05, 0) is 0 Å². The summed E-state index contributed by atoms with van der Waals surface area (Å²) in [6, 6.07) is 0. The fourth-order valence-electron chi connectivity index (χ4n) is 0.250. The van der Waals surface area contributed by atoms with E-state index in [4.69, 9.17) is 19.6 Å². The molecule has 2 unspecified atom stereocenters. The Kier molecular flexibility index (Phi) is 20.3. The standard InChI is InChI=1S/3Na.H5O9P3.3H/c;;;1-10(2)8-12(6,7)9-11(3,4)5;;;/h;;;10H,(H,1,2)(H,6,7)(H2,3,4,5);;;. The quantitative estimate of drug-likeness (QED) is 0.330. The number of hydrogen-bond donors (Lipinski definition) is 4. The summed E-state index contributed by atoms with van der Waals surface area (Å²) in [4.78, 5) is 32.2. The Hall–Kier alpha value is 3.45. The SMILES string of the molecule is O=[PH](O)OP(=O)(O)OP(=O)(O)O.[NaH].[NaH].[NaH]. The van der Waals surface area contributed by atoms with Gasteiger partial charge in [-0.25, -0.2) is 13.4 Å². The molecule has 0 spiro atoms. The molecule has 0 saturated heterocycles. The summed E-state index contributed by atoms with van der Waals surface area (Å²) in [5, 5.41) is 0. The van der Waals surface area contributed by atoms with Crippen LogP contribution >= 0.6 is 23.9 Å². The van der Waals surface area contributed by atoms with Gasteiger partial charge < -0.3 is 19.6 Å². The van der Waals surface area contributed by atoms with E-state index in [9.17, 15) is 13.7 Å². The minimum atomic E-state index is -5.22. The van der Waals surface area contributed by atoms with Gasteiger partial charge in [0.15, 0.2) is 0 Å². The molecule has 0 aromatic carbocycles. The monoisotopic (exact) mass is 314 g/mol. The van der Waals surface area contributed by atoms with Crippen LogP contribution in [0.3, 0.4) is 0 Å². The topological polar surface area (TPSA) is 151 Å². The van der Waals surface area contributed by atoms with Crippen molar-refractivity contribution in [1.82, 2.24) is 0 Å². The first kappa shape index (κ1) is 26.9. The minimum absolute atomic E-state index is 0. The average molecular weight is 314 g/mol. The van der Waals surface area contributed by atoms with Crippen molar-refractivity contribution in [2.75, 3.05) is 0 Å². The Labute approximate surface area is 152 Å². The number of phosphoric acid groups is 2. The van der Waals surface area contributed by atoms with Crippen molar-refractivity contribution in [2.24, 2.45) is 0 Å². The van der Waals surface area contributed by atoms with Crippen LogP contribution in [0.5, 0.6) is 0 Å². The van der Waals surface area contributed by atoms with Crippen LogP contribution in [0, 0.1) is 0 Å². The second-order valence-electron chi connectivity index (χ2n) is 1.40. The maximum atomic E-state index is 10.3. The van der Waals surface area contributed by atoms with Gasteiger partial charge in [0.2, 0.25) is 0 Å². The van der Waals surface area contributed by atoms with E-state index in [1.54, 1.807) is 0 Å². The van der Waals surface area contributed by atoms with E-state index in [1.165, 1.54) is 0 Å². The van der Waals surface area contributed by atoms with Crippen LogP contribution in [-0.4, -0.2) is 108 Å². The summed E-state index contributed by atoms with van der Waals surface area (Å²) < 4.78 is 36.5. The number of rotatable bonds is 4. The van der Waals surface area contributed by atoms with E-state index in [-0.39, 0.29) is 88.7 Å². The van der Waals surface area contributed by atoms with Gasteiger partial charge in [0.25, 0.3) is 0 Å². The van der Waals surface area contributed by atoms with Gasteiger partial charge in [-0.1, -0.05) is 0 Å². The van der Waals surface area contributed by atoms with Gasteiger partial charge in [-0.2, -0.15) is 4.31 Å². The van der Waals surface area contributed by atoms with Crippen LogP contribution in [0.15, 0.2) is 0 Å². The molecular formula is H8Na3O9P3. The third-order valence-corrected chi connectivity index (χ3v) is 3.63. The Balaban J connectivity index is -0.000000202. The Morgan fingerprint density at radius 1 is 1.00 bits per heavy atom. The molecule has 0 heterocycles. The molecule has 0 aliphatic carbocycles. The second kappa shape index (κ2) is 11.3. The molecule has 0 rings (SSSR count). The van der Waals surface area contributed by atoms with E-state index in [0.717, 1.165) is 0 Å². The summed E-state index contributed by atoms with van der Waals surface area (Å²) in [7, 11) is -14.2. The predicted octanol–water partition coefficient (Wildman–Crippen LogP) is -2.35. The summed E-state index contributed by atoms with van der Waals surface area (Å²) >= 11 is 0. The molecule has 0 saturated carbocycles. The fraction of sp³-hybridized carbons (Fsp3) is 0. The van der Waals surface area contributed by atoms with Crippen molar-refractivity contribution in [3.05, 3.63) is 0 Å². The van der Waals surface area contributed by atoms with E-state index in [0.29, 0.717) is 0 Å². The molecular weight excluding hydrogens is 306 g/mol. The third-order valence-electron chi connectivity index (χ3n) is 0.403. The Morgan fingerprint density at radius 2 is 1.33 bits per heavy atom. The van der Waals surface area contributed by atoms with Crippen molar-refractivity contribution in [2.45, 2.75) is 0 Å². The van der Waals surface area contributed by atoms with Crippen molar-refractivity contribution < 1.29 is 41.9 Å². The summed E-state index contributed by atoms with van der Waals surface area (Å²) in [6.45, 7) is 0. The molecule has 0 aliphatic rings. The fourth-order valence-corrected chi connectivity index (χ4v) is 2.55. The van der Waals surface area contributed by atoms with E-state index >= 15 is 0 Å². The summed E-state index contributed by atoms with van der Waals surface area (Å²) in [5.41, 5.74) is 0. The van der Waals surface area contributed by atoms with Gasteiger partial charge >= 0.3 is 113 Å². The van der Waals surface area contributed by atoms with Gasteiger partial charge in [-0.3, -0.25) is 4.57 Å². The summed E-state index contributed by atoms with van der Waals surface area (Å²) in [6.07, 6.45) is 0. The van der Waals surface area contributed by atoms with Gasteiger partial charge in [-0.15, -0.1) is 0 Å². The van der Waals surface area contributed by atoms with Crippen molar-refractivity contribution >= 4 is 113 Å². The molecule has 15 heavy (non-hydrogen) atoms. The van der Waals surface area contributed by atoms with Crippen LogP contribution < -0.4 is 0 Å². The molecule has 0 aliphatic heterocycles. The van der Waals surface area contributed by atoms with Gasteiger partial charge in [0, 0.05) is 0 Å². The molecule has 0 amide bonds. The maximum absolute atomic E-state index is 10.3. The Bertz CT molecular complexity index is 268. The van der Waals surface area contributed by atoms with Crippen LogP contribution in [0.25, 0.3) is 0 Å². The normalized spacial score (nSPS) is 16.0. The van der Waals surface area contributed by atoms with Crippen LogP contribution in [0.1, 0.15) is 0 Å².